The minimum atomic E-state index is -1.18. The smallest absolute Gasteiger partial charge is 0.341 e. The first kappa shape index (κ1) is 11.4. The molecule has 2 rings (SSSR count). The van der Waals surface area contributed by atoms with Crippen LogP contribution < -0.4 is 5.56 Å². The number of benzene rings is 1. The van der Waals surface area contributed by atoms with Crippen LogP contribution in [0.5, 0.6) is 0 Å². The molecule has 0 unspecified atom stereocenters. The lowest BCUT2D eigenvalue weighted by Crippen LogP contribution is -2.26. The molecule has 0 radical (unpaired) electrons. The van der Waals surface area contributed by atoms with E-state index in [1.54, 1.807) is 0 Å². The van der Waals surface area contributed by atoms with Gasteiger partial charge < -0.3 is 9.67 Å². The maximum absolute atomic E-state index is 12.0. The van der Waals surface area contributed by atoms with E-state index in [1.165, 1.54) is 10.6 Å². The number of aryl methyl sites for hydroxylation is 1. The first-order valence-electron chi connectivity index (χ1n) is 5.51. The molecule has 4 heteroatoms. The largest absolute Gasteiger partial charge is 0.477 e. The third kappa shape index (κ3) is 1.93. The fourth-order valence-corrected chi connectivity index (χ4v) is 1.93. The molecular formula is C13H13NO3. The quantitative estimate of drug-likeness (QED) is 0.880. The van der Waals surface area contributed by atoms with Gasteiger partial charge in [-0.2, -0.15) is 0 Å². The Morgan fingerprint density at radius 1 is 1.35 bits per heavy atom. The Balaban J connectivity index is 2.85. The minimum absolute atomic E-state index is 0.169. The first-order valence-corrected chi connectivity index (χ1v) is 5.51. The van der Waals surface area contributed by atoms with Crippen LogP contribution in [-0.4, -0.2) is 15.6 Å². The standard InChI is InChI=1S/C13H13NO3/c1-2-7-14-11-6-4-3-5-9(11)8-10(12(14)15)13(16)17/h3-6,8H,2,7H2,1H3,(H,16,17). The van der Waals surface area contributed by atoms with Crippen LogP contribution in [0.1, 0.15) is 23.7 Å². The second kappa shape index (κ2) is 4.41. The summed E-state index contributed by atoms with van der Waals surface area (Å²) in [6.45, 7) is 2.48. The van der Waals surface area contributed by atoms with E-state index in [4.69, 9.17) is 5.11 Å². The van der Waals surface area contributed by atoms with Crippen LogP contribution in [0.4, 0.5) is 0 Å². The molecule has 1 heterocycles. The van der Waals surface area contributed by atoms with Crippen molar-refractivity contribution in [2.75, 3.05) is 0 Å². The van der Waals surface area contributed by atoms with Crippen molar-refractivity contribution in [2.24, 2.45) is 0 Å². The average Bonchev–Trinajstić information content (AvgIpc) is 2.32. The van der Waals surface area contributed by atoms with Gasteiger partial charge in [0.1, 0.15) is 5.56 Å². The van der Waals surface area contributed by atoms with Crippen molar-refractivity contribution in [1.82, 2.24) is 4.57 Å². The number of hydrogen-bond acceptors (Lipinski definition) is 2. The van der Waals surface area contributed by atoms with E-state index in [0.717, 1.165) is 17.3 Å². The summed E-state index contributed by atoms with van der Waals surface area (Å²) in [5.41, 5.74) is 0.180. The van der Waals surface area contributed by atoms with Crippen LogP contribution in [0.25, 0.3) is 10.9 Å². The zero-order valence-electron chi connectivity index (χ0n) is 9.51. The molecule has 17 heavy (non-hydrogen) atoms. The Hall–Kier alpha value is -2.10. The highest BCUT2D eigenvalue weighted by Crippen LogP contribution is 2.13. The summed E-state index contributed by atoms with van der Waals surface area (Å²) in [5.74, 6) is -1.18. The van der Waals surface area contributed by atoms with Gasteiger partial charge in [-0.25, -0.2) is 4.79 Å². The third-order valence-electron chi connectivity index (χ3n) is 2.68. The van der Waals surface area contributed by atoms with Crippen molar-refractivity contribution >= 4 is 16.9 Å². The topological polar surface area (TPSA) is 59.3 Å². The Bertz CT molecular complexity index is 628. The third-order valence-corrected chi connectivity index (χ3v) is 2.68. The molecule has 0 fully saturated rings. The van der Waals surface area contributed by atoms with Crippen molar-refractivity contribution in [3.8, 4) is 0 Å². The average molecular weight is 231 g/mol. The van der Waals surface area contributed by atoms with Gasteiger partial charge in [-0.15, -0.1) is 0 Å². The second-order valence-corrected chi connectivity index (χ2v) is 3.88. The van der Waals surface area contributed by atoms with Crippen LogP contribution in [-0.2, 0) is 6.54 Å². The molecule has 0 amide bonds. The van der Waals surface area contributed by atoms with Gasteiger partial charge >= 0.3 is 5.97 Å². The van der Waals surface area contributed by atoms with Gasteiger partial charge in [0, 0.05) is 6.54 Å². The van der Waals surface area contributed by atoms with E-state index >= 15 is 0 Å². The number of rotatable bonds is 3. The molecule has 0 saturated heterocycles. The minimum Gasteiger partial charge on any atom is -0.477 e. The summed E-state index contributed by atoms with van der Waals surface area (Å²) in [4.78, 5) is 23.0. The maximum Gasteiger partial charge on any atom is 0.341 e. The molecule has 4 nitrogen and oxygen atoms in total. The molecule has 2 aromatic rings. The lowest BCUT2D eigenvalue weighted by atomic mass is 10.1. The van der Waals surface area contributed by atoms with E-state index in [2.05, 4.69) is 0 Å². The van der Waals surface area contributed by atoms with Gasteiger partial charge in [-0.3, -0.25) is 4.79 Å². The summed E-state index contributed by atoms with van der Waals surface area (Å²) in [6.07, 6.45) is 0.785. The Morgan fingerprint density at radius 2 is 2.06 bits per heavy atom. The molecule has 0 aliphatic heterocycles. The number of hydrogen-bond donors (Lipinski definition) is 1. The van der Waals surface area contributed by atoms with Gasteiger partial charge in [0.05, 0.1) is 5.52 Å². The number of fused-ring (bicyclic) bond motifs is 1. The summed E-state index contributed by atoms with van der Waals surface area (Å²) in [6, 6.07) is 8.75. The molecule has 0 spiro atoms. The van der Waals surface area contributed by atoms with Gasteiger partial charge in [0.15, 0.2) is 0 Å². The van der Waals surface area contributed by atoms with Gasteiger partial charge in [-0.05, 0) is 23.9 Å². The van der Waals surface area contributed by atoms with Gasteiger partial charge in [0.25, 0.3) is 5.56 Å². The van der Waals surface area contributed by atoms with Gasteiger partial charge in [0.2, 0.25) is 0 Å². The molecular weight excluding hydrogens is 218 g/mol. The zero-order chi connectivity index (χ0) is 12.4. The number of aromatic carboxylic acids is 1. The Labute approximate surface area is 98.1 Å². The van der Waals surface area contributed by atoms with E-state index in [0.29, 0.717) is 6.54 Å². The van der Waals surface area contributed by atoms with Crippen molar-refractivity contribution in [3.63, 3.8) is 0 Å². The lowest BCUT2D eigenvalue weighted by molar-refractivity contribution is 0.0694. The van der Waals surface area contributed by atoms with Crippen LogP contribution in [0.2, 0.25) is 0 Å². The highest BCUT2D eigenvalue weighted by molar-refractivity contribution is 5.92. The van der Waals surface area contributed by atoms with Crippen molar-refractivity contribution in [1.29, 1.82) is 0 Å². The lowest BCUT2D eigenvalue weighted by Gasteiger charge is -2.10. The number of carbonyl (C=O) groups is 1. The van der Waals surface area contributed by atoms with Crippen LogP contribution >= 0.6 is 0 Å². The maximum atomic E-state index is 12.0. The zero-order valence-corrected chi connectivity index (χ0v) is 9.51. The number of carboxylic acid groups (broad SMARTS) is 1. The molecule has 1 aromatic heterocycles. The second-order valence-electron chi connectivity index (χ2n) is 3.88. The summed E-state index contributed by atoms with van der Waals surface area (Å²) in [5, 5.41) is 9.78. The van der Waals surface area contributed by atoms with Crippen LogP contribution in [0.15, 0.2) is 35.1 Å². The number of para-hydroxylation sites is 1. The molecule has 0 aliphatic rings. The molecule has 1 N–H and O–H groups in total. The summed E-state index contributed by atoms with van der Waals surface area (Å²) in [7, 11) is 0. The van der Waals surface area contributed by atoms with Crippen molar-refractivity contribution in [2.45, 2.75) is 19.9 Å². The first-order chi connectivity index (χ1) is 8.15. The highest BCUT2D eigenvalue weighted by atomic mass is 16.4. The number of aromatic nitrogens is 1. The fourth-order valence-electron chi connectivity index (χ4n) is 1.93. The predicted molar refractivity (Wildman–Crippen MR) is 65.5 cm³/mol. The molecule has 0 atom stereocenters. The number of carboxylic acids is 1. The van der Waals surface area contributed by atoms with Crippen molar-refractivity contribution in [3.05, 3.63) is 46.2 Å². The molecule has 0 aliphatic carbocycles. The predicted octanol–water partition coefficient (Wildman–Crippen LogP) is 2.11. The molecule has 0 bridgehead atoms. The summed E-state index contributed by atoms with van der Waals surface area (Å²) < 4.78 is 1.53. The fraction of sp³-hybridized carbons (Fsp3) is 0.231. The normalized spacial score (nSPS) is 10.6. The van der Waals surface area contributed by atoms with E-state index in [-0.39, 0.29) is 5.56 Å². The van der Waals surface area contributed by atoms with E-state index in [9.17, 15) is 9.59 Å². The van der Waals surface area contributed by atoms with Gasteiger partial charge in [-0.1, -0.05) is 25.1 Å². The number of nitrogens with zero attached hydrogens (tertiary/aromatic N) is 1. The SMILES string of the molecule is CCCn1c(=O)c(C(=O)O)cc2ccccc21. The van der Waals surface area contributed by atoms with Crippen LogP contribution in [0, 0.1) is 0 Å². The summed E-state index contributed by atoms with van der Waals surface area (Å²) >= 11 is 0. The Morgan fingerprint density at radius 3 is 2.71 bits per heavy atom. The molecule has 88 valence electrons. The van der Waals surface area contributed by atoms with E-state index < -0.39 is 11.5 Å². The Kier molecular flexibility index (Phi) is 2.95. The molecule has 0 saturated carbocycles. The molecule has 1 aromatic carbocycles. The van der Waals surface area contributed by atoms with Crippen LogP contribution in [0.3, 0.4) is 0 Å². The highest BCUT2D eigenvalue weighted by Gasteiger charge is 2.13. The van der Waals surface area contributed by atoms with Crippen molar-refractivity contribution < 1.29 is 9.90 Å². The monoisotopic (exact) mass is 231 g/mol. The number of pyridine rings is 1. The van der Waals surface area contributed by atoms with E-state index in [1.807, 2.05) is 31.2 Å².